The van der Waals surface area contributed by atoms with Crippen LogP contribution in [-0.4, -0.2) is 12.6 Å². The van der Waals surface area contributed by atoms with Gasteiger partial charge in [-0.05, 0) is 26.0 Å². The second-order valence-electron chi connectivity index (χ2n) is 2.43. The molecule has 0 radical (unpaired) electrons. The summed E-state index contributed by atoms with van der Waals surface area (Å²) in [6, 6.07) is 3.86. The van der Waals surface area contributed by atoms with Crippen molar-refractivity contribution in [1.82, 2.24) is 0 Å². The summed E-state index contributed by atoms with van der Waals surface area (Å²) in [6.07, 6.45) is 1.06. The van der Waals surface area contributed by atoms with E-state index < -0.39 is 0 Å². The quantitative estimate of drug-likeness (QED) is 0.606. The highest BCUT2D eigenvalue weighted by atomic mass is 79.9. The second kappa shape index (κ2) is 6.90. The molecule has 1 rings (SSSR count). The topological polar surface area (TPSA) is 26.3 Å². The summed E-state index contributed by atoms with van der Waals surface area (Å²) in [4.78, 5) is 13.3. The van der Waals surface area contributed by atoms with Crippen LogP contribution in [-0.2, 0) is 10.9 Å². The van der Waals surface area contributed by atoms with Gasteiger partial charge in [0, 0.05) is 11.0 Å². The molecule has 0 saturated carbocycles. The summed E-state index contributed by atoms with van der Waals surface area (Å²) in [6.45, 7) is 3.08. The first-order chi connectivity index (χ1) is 6.77. The molecule has 0 aliphatic rings. The van der Waals surface area contributed by atoms with Crippen molar-refractivity contribution < 1.29 is 9.53 Å². The first-order valence-electron chi connectivity index (χ1n) is 4.12. The average molecular weight is 313 g/mol. The number of thiophene rings is 1. The fraction of sp³-hybridized carbons (Fsp3) is 0.375. The molecule has 0 fully saturated rings. The van der Waals surface area contributed by atoms with Crippen molar-refractivity contribution in [2.24, 2.45) is 0 Å². The number of esters is 1. The van der Waals surface area contributed by atoms with Crippen LogP contribution in [0.2, 0.25) is 0 Å². The number of carbonyl (C=O) groups is 1. The molecule has 1 aromatic rings. The summed E-state index contributed by atoms with van der Waals surface area (Å²) in [5.74, 6) is -0.201. The summed E-state index contributed by atoms with van der Waals surface area (Å²) in [7, 11) is 0.903. The Hall–Kier alpha value is 0.510. The van der Waals surface area contributed by atoms with Gasteiger partial charge in [-0.2, -0.15) is 0 Å². The van der Waals surface area contributed by atoms with Gasteiger partial charge in [-0.25, -0.2) is 4.79 Å². The van der Waals surface area contributed by atoms with E-state index in [1.54, 1.807) is 0 Å². The Balaban J connectivity index is 2.54. The molecule has 0 amide bonds. The molecule has 0 aliphatic carbocycles. The minimum absolute atomic E-state index is 0.201. The van der Waals surface area contributed by atoms with Gasteiger partial charge in [0.2, 0.25) is 0 Å². The molecule has 0 saturated heterocycles. The third-order valence-electron chi connectivity index (χ3n) is 1.47. The molecule has 0 spiro atoms. The lowest BCUT2D eigenvalue weighted by Gasteiger charge is -1.96. The fourth-order valence-electron chi connectivity index (χ4n) is 0.905. The van der Waals surface area contributed by atoms with E-state index in [4.69, 9.17) is 4.74 Å². The van der Waals surface area contributed by atoms with Crippen LogP contribution in [0.3, 0.4) is 0 Å². The van der Waals surface area contributed by atoms with Gasteiger partial charge >= 0.3 is 5.97 Å². The molecule has 0 bridgehead atoms. The maximum atomic E-state index is 11.3. The molecule has 2 nitrogen and oxygen atoms in total. The van der Waals surface area contributed by atoms with Crippen molar-refractivity contribution >= 4 is 48.0 Å². The van der Waals surface area contributed by atoms with E-state index in [9.17, 15) is 4.79 Å². The predicted molar refractivity (Wildman–Crippen MR) is 69.5 cm³/mol. The average Bonchev–Trinajstić information content (AvgIpc) is 2.63. The Bertz CT molecular complexity index is 303. The molecule has 0 aliphatic heterocycles. The van der Waals surface area contributed by atoms with E-state index in [2.05, 4.69) is 15.5 Å². The summed E-state index contributed by atoms with van der Waals surface area (Å²) in [5.41, 5.74) is 0. The van der Waals surface area contributed by atoms with E-state index in [1.807, 2.05) is 19.1 Å². The van der Waals surface area contributed by atoms with E-state index in [-0.39, 0.29) is 5.97 Å². The summed E-state index contributed by atoms with van der Waals surface area (Å²) >= 11 is 4.96. The van der Waals surface area contributed by atoms with Gasteiger partial charge in [-0.1, -0.05) is 23.8 Å². The van der Waals surface area contributed by atoms with Crippen LogP contribution in [0, 0.1) is 0 Å². The second-order valence-corrected chi connectivity index (χ2v) is 9.69. The van der Waals surface area contributed by atoms with Crippen LogP contribution >= 0.6 is 42.1 Å². The van der Waals surface area contributed by atoms with E-state index >= 15 is 0 Å². The predicted octanol–water partition coefficient (Wildman–Crippen LogP) is 4.01. The van der Waals surface area contributed by atoms with Crippen LogP contribution in [0.4, 0.5) is 0 Å². The molecule has 2 atom stereocenters. The number of hydrogen-bond acceptors (Lipinski definition) is 3. The molecule has 1 aromatic heterocycles. The highest BCUT2D eigenvalue weighted by Gasteiger charge is 2.09. The normalized spacial score (nSPS) is 11.9. The highest BCUT2D eigenvalue weighted by molar-refractivity contribution is 9.41. The van der Waals surface area contributed by atoms with Gasteiger partial charge in [0.1, 0.15) is 4.88 Å². The SMILES string of the molecule is CCOC(=O)c1ccc(CPPBr)s1. The zero-order chi connectivity index (χ0) is 10.4. The van der Waals surface area contributed by atoms with Crippen LogP contribution in [0.25, 0.3) is 0 Å². The minimum atomic E-state index is -0.201. The Kier molecular flexibility index (Phi) is 6.20. The fourth-order valence-corrected chi connectivity index (χ4v) is 4.88. The maximum absolute atomic E-state index is 11.3. The lowest BCUT2D eigenvalue weighted by Crippen LogP contribution is -2.01. The summed E-state index contributed by atoms with van der Waals surface area (Å²) < 4.78 is 4.91. The first-order valence-corrected chi connectivity index (χ1v) is 10.4. The van der Waals surface area contributed by atoms with E-state index in [0.717, 1.165) is 21.4 Å². The number of rotatable bonds is 5. The van der Waals surface area contributed by atoms with Crippen LogP contribution < -0.4 is 0 Å². The zero-order valence-corrected chi connectivity index (χ0v) is 12.1. The van der Waals surface area contributed by atoms with Crippen molar-refractivity contribution in [1.29, 1.82) is 0 Å². The van der Waals surface area contributed by atoms with Crippen molar-refractivity contribution in [2.75, 3.05) is 6.61 Å². The lowest BCUT2D eigenvalue weighted by molar-refractivity contribution is 0.0532. The van der Waals surface area contributed by atoms with Crippen LogP contribution in [0.5, 0.6) is 0 Å². The van der Waals surface area contributed by atoms with E-state index in [1.165, 1.54) is 16.2 Å². The third kappa shape index (κ3) is 3.94. The van der Waals surface area contributed by atoms with Crippen molar-refractivity contribution in [2.45, 2.75) is 13.1 Å². The monoisotopic (exact) mass is 312 g/mol. The number of ether oxygens (including phenoxy) is 1. The van der Waals surface area contributed by atoms with Crippen LogP contribution in [0.15, 0.2) is 12.1 Å². The number of hydrogen-bond donors (Lipinski definition) is 0. The van der Waals surface area contributed by atoms with Gasteiger partial charge in [-0.15, -0.1) is 11.3 Å². The van der Waals surface area contributed by atoms with Crippen LogP contribution in [0.1, 0.15) is 21.5 Å². The van der Waals surface area contributed by atoms with Crippen molar-refractivity contribution in [3.8, 4) is 0 Å². The van der Waals surface area contributed by atoms with Crippen molar-refractivity contribution in [3.05, 3.63) is 21.9 Å². The molecule has 14 heavy (non-hydrogen) atoms. The number of halogens is 1. The lowest BCUT2D eigenvalue weighted by atomic mass is 10.4. The molecule has 0 aromatic carbocycles. The Morgan fingerprint density at radius 3 is 3.07 bits per heavy atom. The van der Waals surface area contributed by atoms with Crippen molar-refractivity contribution in [3.63, 3.8) is 0 Å². The van der Waals surface area contributed by atoms with Gasteiger partial charge in [0.05, 0.1) is 6.61 Å². The molecule has 0 N–H and O–H groups in total. The summed E-state index contributed by atoms with van der Waals surface area (Å²) in [5, 5.41) is 0. The van der Waals surface area contributed by atoms with Gasteiger partial charge < -0.3 is 4.74 Å². The molecule has 6 heteroatoms. The first kappa shape index (κ1) is 12.6. The molecule has 78 valence electrons. The Morgan fingerprint density at radius 1 is 1.64 bits per heavy atom. The minimum Gasteiger partial charge on any atom is -0.462 e. The molecule has 2 unspecified atom stereocenters. The standard InChI is InChI=1S/C8H11BrO2P2S/c1-2-11-8(10)7-4-3-6(14-7)5-12-13-9/h3-4,12-13H,2,5H2,1H3. The maximum Gasteiger partial charge on any atom is 0.348 e. The van der Waals surface area contributed by atoms with Gasteiger partial charge in [0.25, 0.3) is 0 Å². The molecular formula is C8H11BrO2P2S. The zero-order valence-electron chi connectivity index (χ0n) is 7.67. The number of carbonyl (C=O) groups excluding carboxylic acids is 1. The molecular weight excluding hydrogens is 302 g/mol. The third-order valence-corrected chi connectivity index (χ3v) is 6.94. The Labute approximate surface area is 99.0 Å². The highest BCUT2D eigenvalue weighted by Crippen LogP contribution is 2.46. The Morgan fingerprint density at radius 2 is 2.43 bits per heavy atom. The smallest absolute Gasteiger partial charge is 0.348 e. The largest absolute Gasteiger partial charge is 0.462 e. The van der Waals surface area contributed by atoms with Gasteiger partial charge in [-0.3, -0.25) is 0 Å². The molecule has 1 heterocycles. The van der Waals surface area contributed by atoms with E-state index in [0.29, 0.717) is 11.5 Å². The van der Waals surface area contributed by atoms with Gasteiger partial charge in [0.15, 0.2) is 0 Å².